The number of aromatic nitrogens is 1. The van der Waals surface area contributed by atoms with E-state index in [0.29, 0.717) is 13.0 Å². The van der Waals surface area contributed by atoms with Crippen LogP contribution in [0.3, 0.4) is 0 Å². The van der Waals surface area contributed by atoms with Crippen LogP contribution in [0.15, 0.2) is 27.6 Å². The molecule has 23 heavy (non-hydrogen) atoms. The fraction of sp³-hybridized carbons (Fsp3) is 0.647. The fourth-order valence-electron chi connectivity index (χ4n) is 2.00. The second kappa shape index (κ2) is 7.53. The first-order valence-corrected chi connectivity index (χ1v) is 7.81. The molecule has 0 aliphatic carbocycles. The van der Waals surface area contributed by atoms with E-state index in [2.05, 4.69) is 5.32 Å². The van der Waals surface area contributed by atoms with Gasteiger partial charge in [-0.15, -0.1) is 0 Å². The summed E-state index contributed by atoms with van der Waals surface area (Å²) >= 11 is 0. The van der Waals surface area contributed by atoms with E-state index in [1.54, 1.807) is 4.57 Å². The lowest BCUT2D eigenvalue weighted by Gasteiger charge is -2.27. The van der Waals surface area contributed by atoms with Crippen LogP contribution in [0.5, 0.6) is 0 Å². The summed E-state index contributed by atoms with van der Waals surface area (Å²) in [7, 11) is 0. The van der Waals surface area contributed by atoms with Crippen LogP contribution in [0, 0.1) is 6.92 Å². The Kier molecular flexibility index (Phi) is 6.24. The number of amides is 1. The standard InChI is InChI=1S/C17H28N2O4/c1-13-12-22-15(21)19(13)11-9-7-8-10-17(5,6)18-14(20)23-16(2,3)4/h7-8,12H,9-11H2,1-6H3,(H,18,20)/b8-7+. The lowest BCUT2D eigenvalue weighted by molar-refractivity contribution is 0.0473. The predicted octanol–water partition coefficient (Wildman–Crippen LogP) is 3.39. The van der Waals surface area contributed by atoms with Crippen LogP contribution in [0.2, 0.25) is 0 Å². The SMILES string of the molecule is Cc1coc(=O)n1CC/C=C/CC(C)(C)NC(=O)OC(C)(C)C. The van der Waals surface area contributed by atoms with Crippen LogP contribution in [0.1, 0.15) is 53.2 Å². The molecule has 6 heteroatoms. The molecule has 0 unspecified atom stereocenters. The molecule has 0 aliphatic rings. The molecular formula is C17H28N2O4. The zero-order chi connectivity index (χ0) is 17.7. The number of oxazole rings is 1. The van der Waals surface area contributed by atoms with Crippen molar-refractivity contribution in [2.24, 2.45) is 0 Å². The van der Waals surface area contributed by atoms with Crippen molar-refractivity contribution >= 4 is 6.09 Å². The number of rotatable bonds is 6. The molecule has 0 spiro atoms. The van der Waals surface area contributed by atoms with Crippen LogP contribution in [0.25, 0.3) is 0 Å². The van der Waals surface area contributed by atoms with Gasteiger partial charge < -0.3 is 14.5 Å². The maximum absolute atomic E-state index is 11.8. The van der Waals surface area contributed by atoms with Crippen LogP contribution in [-0.2, 0) is 11.3 Å². The number of nitrogens with one attached hydrogen (secondary N) is 1. The number of carbonyl (C=O) groups excluding carboxylic acids is 1. The number of hydrogen-bond donors (Lipinski definition) is 1. The quantitative estimate of drug-likeness (QED) is 0.814. The molecule has 1 aromatic rings. The summed E-state index contributed by atoms with van der Waals surface area (Å²) in [5.74, 6) is -0.331. The van der Waals surface area contributed by atoms with Gasteiger partial charge in [-0.3, -0.25) is 4.57 Å². The summed E-state index contributed by atoms with van der Waals surface area (Å²) < 4.78 is 11.7. The van der Waals surface area contributed by atoms with Gasteiger partial charge in [-0.1, -0.05) is 12.2 Å². The first-order chi connectivity index (χ1) is 10.5. The van der Waals surface area contributed by atoms with Crippen LogP contribution in [-0.4, -0.2) is 21.8 Å². The van der Waals surface area contributed by atoms with E-state index in [4.69, 9.17) is 9.15 Å². The molecule has 1 heterocycles. The molecule has 0 bridgehead atoms. The average Bonchev–Trinajstić information content (AvgIpc) is 2.66. The summed E-state index contributed by atoms with van der Waals surface area (Å²) in [6, 6.07) is 0. The van der Waals surface area contributed by atoms with Crippen molar-refractivity contribution in [1.82, 2.24) is 9.88 Å². The van der Waals surface area contributed by atoms with Gasteiger partial charge in [0.15, 0.2) is 0 Å². The monoisotopic (exact) mass is 324 g/mol. The Morgan fingerprint density at radius 3 is 2.48 bits per heavy atom. The summed E-state index contributed by atoms with van der Waals surface area (Å²) in [5, 5.41) is 2.85. The number of allylic oxidation sites excluding steroid dienone is 1. The smallest absolute Gasteiger partial charge is 0.419 e. The average molecular weight is 324 g/mol. The van der Waals surface area contributed by atoms with Gasteiger partial charge in [0, 0.05) is 12.1 Å². The van der Waals surface area contributed by atoms with Crippen LogP contribution in [0.4, 0.5) is 4.79 Å². The van der Waals surface area contributed by atoms with Gasteiger partial charge >= 0.3 is 11.8 Å². The molecule has 0 radical (unpaired) electrons. The van der Waals surface area contributed by atoms with Crippen molar-refractivity contribution in [2.45, 2.75) is 72.1 Å². The molecule has 1 N–H and O–H groups in total. The van der Waals surface area contributed by atoms with Crippen molar-refractivity contribution in [3.8, 4) is 0 Å². The highest BCUT2D eigenvalue weighted by Gasteiger charge is 2.23. The van der Waals surface area contributed by atoms with Crippen molar-refractivity contribution in [1.29, 1.82) is 0 Å². The number of carbonyl (C=O) groups is 1. The van der Waals surface area contributed by atoms with Crippen LogP contribution >= 0.6 is 0 Å². The molecule has 1 rings (SSSR count). The summed E-state index contributed by atoms with van der Waals surface area (Å²) in [4.78, 5) is 23.2. The molecule has 0 saturated heterocycles. The summed E-state index contributed by atoms with van der Waals surface area (Å²) in [6.45, 7) is 11.8. The molecule has 0 saturated carbocycles. The summed E-state index contributed by atoms with van der Waals surface area (Å²) in [6.07, 6.45) is 6.43. The normalized spacial score (nSPS) is 12.6. The van der Waals surface area contributed by atoms with E-state index in [-0.39, 0.29) is 5.76 Å². The van der Waals surface area contributed by atoms with Gasteiger partial charge in [0.1, 0.15) is 11.9 Å². The Labute approximate surface area is 137 Å². The van der Waals surface area contributed by atoms with Crippen LogP contribution < -0.4 is 11.1 Å². The molecular weight excluding hydrogens is 296 g/mol. The van der Waals surface area contributed by atoms with E-state index in [1.165, 1.54) is 6.26 Å². The third-order valence-electron chi connectivity index (χ3n) is 3.13. The second-order valence-corrected chi connectivity index (χ2v) is 7.27. The molecule has 0 atom stereocenters. The predicted molar refractivity (Wildman–Crippen MR) is 89.5 cm³/mol. The summed E-state index contributed by atoms with van der Waals surface area (Å²) in [5.41, 5.74) is -0.0947. The van der Waals surface area contributed by atoms with Crippen molar-refractivity contribution in [3.63, 3.8) is 0 Å². The van der Waals surface area contributed by atoms with Gasteiger partial charge in [-0.25, -0.2) is 9.59 Å². The minimum absolute atomic E-state index is 0.331. The first kappa shape index (κ1) is 19.1. The zero-order valence-corrected chi connectivity index (χ0v) is 14.9. The number of ether oxygens (including phenoxy) is 1. The molecule has 0 aromatic carbocycles. The molecule has 6 nitrogen and oxygen atoms in total. The Morgan fingerprint density at radius 1 is 1.30 bits per heavy atom. The van der Waals surface area contributed by atoms with E-state index in [0.717, 1.165) is 12.1 Å². The molecule has 1 amide bonds. The molecule has 130 valence electrons. The highest BCUT2D eigenvalue weighted by atomic mass is 16.6. The van der Waals surface area contributed by atoms with Gasteiger partial charge in [0.25, 0.3) is 0 Å². The Hall–Kier alpha value is -1.98. The van der Waals surface area contributed by atoms with E-state index in [1.807, 2.05) is 53.7 Å². The largest absolute Gasteiger partial charge is 0.444 e. The highest BCUT2D eigenvalue weighted by Crippen LogP contribution is 2.13. The molecule has 0 aliphatic heterocycles. The number of nitrogens with zero attached hydrogens (tertiary/aromatic N) is 1. The maximum Gasteiger partial charge on any atom is 0.419 e. The Morgan fingerprint density at radius 2 is 1.96 bits per heavy atom. The lowest BCUT2D eigenvalue weighted by atomic mass is 10.0. The van der Waals surface area contributed by atoms with E-state index < -0.39 is 17.2 Å². The van der Waals surface area contributed by atoms with Gasteiger partial charge in [0.2, 0.25) is 0 Å². The fourth-order valence-corrected chi connectivity index (χ4v) is 2.00. The zero-order valence-electron chi connectivity index (χ0n) is 14.9. The minimum Gasteiger partial charge on any atom is -0.444 e. The minimum atomic E-state index is -0.508. The number of alkyl carbamates (subject to hydrolysis) is 1. The third kappa shape index (κ3) is 7.21. The van der Waals surface area contributed by atoms with Gasteiger partial charge in [-0.2, -0.15) is 0 Å². The Bertz CT molecular complexity index is 603. The Balaban J connectivity index is 2.40. The number of aryl methyl sites for hydroxylation is 1. The first-order valence-electron chi connectivity index (χ1n) is 7.81. The topological polar surface area (TPSA) is 73.5 Å². The molecule has 1 aromatic heterocycles. The maximum atomic E-state index is 11.8. The van der Waals surface area contributed by atoms with Crippen molar-refractivity contribution in [3.05, 3.63) is 34.7 Å². The van der Waals surface area contributed by atoms with Gasteiger partial charge in [0.05, 0.1) is 5.69 Å². The van der Waals surface area contributed by atoms with Crippen molar-refractivity contribution < 1.29 is 13.9 Å². The second-order valence-electron chi connectivity index (χ2n) is 7.27. The number of hydrogen-bond acceptors (Lipinski definition) is 4. The molecule has 0 fully saturated rings. The third-order valence-corrected chi connectivity index (χ3v) is 3.13. The highest BCUT2D eigenvalue weighted by molar-refractivity contribution is 5.68. The van der Waals surface area contributed by atoms with Crippen molar-refractivity contribution in [2.75, 3.05) is 0 Å². The van der Waals surface area contributed by atoms with E-state index >= 15 is 0 Å². The lowest BCUT2D eigenvalue weighted by Crippen LogP contribution is -2.45. The van der Waals surface area contributed by atoms with Gasteiger partial charge in [-0.05, 0) is 54.4 Å². The van der Waals surface area contributed by atoms with E-state index in [9.17, 15) is 9.59 Å².